The highest BCUT2D eigenvalue weighted by Gasteiger charge is 2.38. The fourth-order valence-electron chi connectivity index (χ4n) is 3.34. The molecule has 7 nitrogen and oxygen atoms in total. The molecule has 4 rings (SSSR count). The zero-order valence-corrected chi connectivity index (χ0v) is 18.0. The number of nitrogens with one attached hydrogen (secondary N) is 1. The number of ether oxygens (including phenoxy) is 1. The van der Waals surface area contributed by atoms with E-state index < -0.39 is 17.7 Å². The van der Waals surface area contributed by atoms with Crippen LogP contribution >= 0.6 is 0 Å². The van der Waals surface area contributed by atoms with Crippen molar-refractivity contribution >= 4 is 0 Å². The topological polar surface area (TPSA) is 81.5 Å². The van der Waals surface area contributed by atoms with E-state index >= 15 is 0 Å². The van der Waals surface area contributed by atoms with Crippen molar-refractivity contribution < 1.29 is 22.3 Å². The molecule has 0 aliphatic heterocycles. The molecule has 0 fully saturated rings. The van der Waals surface area contributed by atoms with E-state index in [1.54, 1.807) is 24.0 Å². The molecule has 0 aliphatic carbocycles. The molecule has 1 aromatic carbocycles. The van der Waals surface area contributed by atoms with Crippen LogP contribution in [-0.4, -0.2) is 36.6 Å². The molecule has 0 unspecified atom stereocenters. The van der Waals surface area contributed by atoms with Gasteiger partial charge in [-0.05, 0) is 30.2 Å². The van der Waals surface area contributed by atoms with Crippen molar-refractivity contribution in [1.29, 1.82) is 0 Å². The summed E-state index contributed by atoms with van der Waals surface area (Å²) in [6.45, 7) is 4.33. The fourth-order valence-corrected chi connectivity index (χ4v) is 3.34. The Balaban J connectivity index is 1.81. The second kappa shape index (κ2) is 8.64. The lowest BCUT2D eigenvalue weighted by Gasteiger charge is -2.15. The summed E-state index contributed by atoms with van der Waals surface area (Å²) in [5, 5.41) is 8.93. The number of alkyl halides is 3. The van der Waals surface area contributed by atoms with Crippen LogP contribution in [0.4, 0.5) is 17.6 Å². The van der Waals surface area contributed by atoms with Gasteiger partial charge in [0.05, 0.1) is 24.3 Å². The van der Waals surface area contributed by atoms with Crippen LogP contribution in [0.1, 0.15) is 19.5 Å². The van der Waals surface area contributed by atoms with E-state index in [2.05, 4.69) is 20.2 Å². The molecule has 0 atom stereocenters. The summed E-state index contributed by atoms with van der Waals surface area (Å²) >= 11 is 0. The maximum absolute atomic E-state index is 14.0. The minimum absolute atomic E-state index is 0.174. The lowest BCUT2D eigenvalue weighted by Crippen LogP contribution is -2.07. The third-order valence-corrected chi connectivity index (χ3v) is 4.80. The standard InChI is InChI=1S/C22H20F4N6O/c1-12(2)10-33-17-9-14(23)4-5-15(17)20-19(28-11-32(20)3)16-8-13(6-7-27-16)18-21(22(24,25)26)30-31-29-18/h4-9,11-12H,10H2,1-3H3,(H,29,30,31). The number of halogens is 4. The molecule has 3 aromatic heterocycles. The minimum atomic E-state index is -4.67. The average Bonchev–Trinajstić information content (AvgIpc) is 3.40. The molecule has 0 amide bonds. The second-order valence-electron chi connectivity index (χ2n) is 7.85. The van der Waals surface area contributed by atoms with Crippen LogP contribution in [0.25, 0.3) is 33.9 Å². The second-order valence-corrected chi connectivity index (χ2v) is 7.85. The Morgan fingerprint density at radius 1 is 1.06 bits per heavy atom. The third-order valence-electron chi connectivity index (χ3n) is 4.80. The van der Waals surface area contributed by atoms with Gasteiger partial charge in [0.1, 0.15) is 23.0 Å². The van der Waals surface area contributed by atoms with Crippen LogP contribution in [0, 0.1) is 11.7 Å². The molecular weight excluding hydrogens is 440 g/mol. The quantitative estimate of drug-likeness (QED) is 0.404. The number of imidazole rings is 1. The number of pyridine rings is 1. The Morgan fingerprint density at radius 2 is 1.85 bits per heavy atom. The summed E-state index contributed by atoms with van der Waals surface area (Å²) in [7, 11) is 1.75. The van der Waals surface area contributed by atoms with Gasteiger partial charge in [0.25, 0.3) is 0 Å². The summed E-state index contributed by atoms with van der Waals surface area (Å²) in [5.74, 6) is 0.100. The van der Waals surface area contributed by atoms with E-state index in [1.807, 2.05) is 19.1 Å². The normalized spacial score (nSPS) is 11.9. The predicted octanol–water partition coefficient (Wildman–Crippen LogP) is 5.13. The lowest BCUT2D eigenvalue weighted by atomic mass is 10.0. The molecule has 0 spiro atoms. The first-order chi connectivity index (χ1) is 15.6. The van der Waals surface area contributed by atoms with E-state index in [1.165, 1.54) is 30.5 Å². The third kappa shape index (κ3) is 4.57. The number of rotatable bonds is 6. The van der Waals surface area contributed by atoms with Gasteiger partial charge >= 0.3 is 6.18 Å². The van der Waals surface area contributed by atoms with Gasteiger partial charge in [0.15, 0.2) is 5.69 Å². The zero-order valence-electron chi connectivity index (χ0n) is 18.0. The summed E-state index contributed by atoms with van der Waals surface area (Å²) < 4.78 is 61.4. The van der Waals surface area contributed by atoms with E-state index in [4.69, 9.17) is 4.74 Å². The van der Waals surface area contributed by atoms with E-state index in [0.717, 1.165) is 0 Å². The van der Waals surface area contributed by atoms with E-state index in [-0.39, 0.29) is 17.2 Å². The SMILES string of the molecule is CC(C)COc1cc(F)ccc1-c1c(-c2cc(-c3n[nH]nc3C(F)(F)F)ccn2)ncn1C. The predicted molar refractivity (Wildman–Crippen MR) is 113 cm³/mol. The van der Waals surface area contributed by atoms with Crippen molar-refractivity contribution in [2.45, 2.75) is 20.0 Å². The molecule has 0 radical (unpaired) electrons. The molecule has 1 N–H and O–H groups in total. The van der Waals surface area contributed by atoms with Crippen molar-refractivity contribution in [3.63, 3.8) is 0 Å². The van der Waals surface area contributed by atoms with Gasteiger partial charge < -0.3 is 9.30 Å². The number of benzene rings is 1. The van der Waals surface area contributed by atoms with E-state index in [9.17, 15) is 17.6 Å². The number of nitrogens with zero attached hydrogens (tertiary/aromatic N) is 5. The Labute approximate surface area is 186 Å². The molecule has 4 aromatic rings. The van der Waals surface area contributed by atoms with E-state index in [0.29, 0.717) is 35.0 Å². The number of H-pyrrole nitrogens is 1. The van der Waals surface area contributed by atoms with Crippen LogP contribution in [-0.2, 0) is 13.2 Å². The fraction of sp³-hybridized carbons (Fsp3) is 0.273. The monoisotopic (exact) mass is 460 g/mol. The number of aromatic amines is 1. The Morgan fingerprint density at radius 3 is 2.58 bits per heavy atom. The Kier molecular flexibility index (Phi) is 5.88. The van der Waals surface area contributed by atoms with Gasteiger partial charge in [-0.15, -0.1) is 0 Å². The first kappa shape index (κ1) is 22.4. The minimum Gasteiger partial charge on any atom is -0.493 e. The average molecular weight is 460 g/mol. The van der Waals surface area contributed by atoms with Crippen molar-refractivity contribution in [2.75, 3.05) is 6.61 Å². The Bertz CT molecular complexity index is 1280. The van der Waals surface area contributed by atoms with Crippen LogP contribution in [0.15, 0.2) is 42.9 Å². The number of hydrogen-bond acceptors (Lipinski definition) is 5. The maximum atomic E-state index is 14.0. The lowest BCUT2D eigenvalue weighted by molar-refractivity contribution is -0.140. The first-order valence-electron chi connectivity index (χ1n) is 10.0. The summed E-state index contributed by atoms with van der Waals surface area (Å²) in [5.41, 5.74) is 0.588. The molecule has 11 heteroatoms. The van der Waals surface area contributed by atoms with Crippen molar-refractivity contribution in [2.24, 2.45) is 13.0 Å². The van der Waals surface area contributed by atoms with Gasteiger partial charge in [-0.25, -0.2) is 9.37 Å². The van der Waals surface area contributed by atoms with Gasteiger partial charge in [-0.2, -0.15) is 28.6 Å². The molecule has 3 heterocycles. The molecule has 0 bridgehead atoms. The number of aromatic nitrogens is 6. The first-order valence-corrected chi connectivity index (χ1v) is 10.0. The zero-order chi connectivity index (χ0) is 23.8. The molecule has 0 aliphatic rings. The number of hydrogen-bond donors (Lipinski definition) is 1. The van der Waals surface area contributed by atoms with Gasteiger partial charge in [-0.1, -0.05) is 13.8 Å². The summed E-state index contributed by atoms with van der Waals surface area (Å²) in [6, 6.07) is 7.05. The molecule has 33 heavy (non-hydrogen) atoms. The highest BCUT2D eigenvalue weighted by molar-refractivity contribution is 5.82. The highest BCUT2D eigenvalue weighted by atomic mass is 19.4. The van der Waals surface area contributed by atoms with Crippen LogP contribution in [0.5, 0.6) is 5.75 Å². The summed E-state index contributed by atoms with van der Waals surface area (Å²) in [4.78, 5) is 8.70. The van der Waals surface area contributed by atoms with Crippen LogP contribution in [0.2, 0.25) is 0 Å². The van der Waals surface area contributed by atoms with Gasteiger partial charge in [0.2, 0.25) is 0 Å². The van der Waals surface area contributed by atoms with Crippen molar-refractivity contribution in [3.8, 4) is 39.7 Å². The smallest absolute Gasteiger partial charge is 0.437 e. The molecule has 172 valence electrons. The Hall–Kier alpha value is -3.76. The largest absolute Gasteiger partial charge is 0.493 e. The van der Waals surface area contributed by atoms with Gasteiger partial charge in [-0.3, -0.25) is 4.98 Å². The van der Waals surface area contributed by atoms with Crippen LogP contribution in [0.3, 0.4) is 0 Å². The molecular formula is C22H20F4N6O. The summed E-state index contributed by atoms with van der Waals surface area (Å²) in [6.07, 6.45) is -1.75. The highest BCUT2D eigenvalue weighted by Crippen LogP contribution is 2.38. The van der Waals surface area contributed by atoms with Crippen LogP contribution < -0.4 is 4.74 Å². The van der Waals surface area contributed by atoms with Crippen molar-refractivity contribution in [3.05, 3.63) is 54.4 Å². The number of aryl methyl sites for hydroxylation is 1. The maximum Gasteiger partial charge on any atom is 0.437 e. The van der Waals surface area contributed by atoms with Crippen molar-refractivity contribution in [1.82, 2.24) is 29.9 Å². The van der Waals surface area contributed by atoms with Gasteiger partial charge in [0, 0.05) is 30.4 Å². The molecule has 0 saturated heterocycles. The molecule has 0 saturated carbocycles.